The van der Waals surface area contributed by atoms with Crippen molar-refractivity contribution < 1.29 is 9.47 Å². The summed E-state index contributed by atoms with van der Waals surface area (Å²) in [7, 11) is 3.43. The molecule has 0 fully saturated rings. The zero-order valence-corrected chi connectivity index (χ0v) is 10.5. The lowest BCUT2D eigenvalue weighted by Crippen LogP contribution is -2.03. The molecule has 1 aromatic carbocycles. The smallest absolute Gasteiger partial charge is 0.134 e. The van der Waals surface area contributed by atoms with Gasteiger partial charge in [-0.05, 0) is 6.07 Å². The second kappa shape index (κ2) is 5.50. The van der Waals surface area contributed by atoms with Crippen LogP contribution in [-0.4, -0.2) is 22.1 Å². The summed E-state index contributed by atoms with van der Waals surface area (Å²) in [5, 5.41) is 7.80. The lowest BCUT2D eigenvalue weighted by Gasteiger charge is -2.10. The molecular formula is C12H16N4O2. The average Bonchev–Trinajstić information content (AvgIpc) is 2.81. The predicted molar refractivity (Wildman–Crippen MR) is 66.2 cm³/mol. The lowest BCUT2D eigenvalue weighted by atomic mass is 10.2. The van der Waals surface area contributed by atoms with Gasteiger partial charge in [-0.3, -0.25) is 4.68 Å². The number of ether oxygens (including phenoxy) is 2. The molecule has 0 unspecified atom stereocenters. The van der Waals surface area contributed by atoms with Gasteiger partial charge < -0.3 is 15.2 Å². The van der Waals surface area contributed by atoms with Gasteiger partial charge in [0.05, 0.1) is 13.3 Å². The van der Waals surface area contributed by atoms with E-state index in [0.717, 1.165) is 17.0 Å². The molecule has 2 aromatic rings. The van der Waals surface area contributed by atoms with Gasteiger partial charge in [-0.1, -0.05) is 11.3 Å². The zero-order chi connectivity index (χ0) is 13.0. The van der Waals surface area contributed by atoms with E-state index in [1.54, 1.807) is 11.8 Å². The van der Waals surface area contributed by atoms with Crippen LogP contribution in [0.3, 0.4) is 0 Å². The highest BCUT2D eigenvalue weighted by atomic mass is 16.5. The third kappa shape index (κ3) is 2.78. The summed E-state index contributed by atoms with van der Waals surface area (Å²) in [5.74, 6) is 1.45. The molecule has 6 nitrogen and oxygen atoms in total. The fourth-order valence-electron chi connectivity index (χ4n) is 1.58. The minimum atomic E-state index is 0.355. The topological polar surface area (TPSA) is 75.2 Å². The number of hydrogen-bond donors (Lipinski definition) is 1. The second-order valence-corrected chi connectivity index (χ2v) is 3.85. The lowest BCUT2D eigenvalue weighted by molar-refractivity contribution is 0.295. The van der Waals surface area contributed by atoms with Crippen molar-refractivity contribution in [1.82, 2.24) is 15.0 Å². The van der Waals surface area contributed by atoms with Crippen LogP contribution in [0.2, 0.25) is 0 Å². The van der Waals surface area contributed by atoms with Crippen LogP contribution in [-0.2, 0) is 20.2 Å². The fourth-order valence-corrected chi connectivity index (χ4v) is 1.58. The summed E-state index contributed by atoms with van der Waals surface area (Å²) in [6, 6.07) is 5.57. The Morgan fingerprint density at radius 3 is 2.83 bits per heavy atom. The quantitative estimate of drug-likeness (QED) is 0.849. The molecule has 2 N–H and O–H groups in total. The SMILES string of the molecule is COc1ccc(CN)c(OCc2cn(C)nn2)c1. The maximum Gasteiger partial charge on any atom is 0.134 e. The summed E-state index contributed by atoms with van der Waals surface area (Å²) < 4.78 is 12.5. The fraction of sp³-hybridized carbons (Fsp3) is 0.333. The Bertz CT molecular complexity index is 525. The zero-order valence-electron chi connectivity index (χ0n) is 10.5. The number of methoxy groups -OCH3 is 1. The van der Waals surface area contributed by atoms with Crippen LogP contribution in [0.5, 0.6) is 11.5 Å². The largest absolute Gasteiger partial charge is 0.497 e. The number of benzene rings is 1. The Kier molecular flexibility index (Phi) is 3.78. The Morgan fingerprint density at radius 1 is 1.39 bits per heavy atom. The number of hydrogen-bond acceptors (Lipinski definition) is 5. The van der Waals surface area contributed by atoms with Crippen LogP contribution in [0, 0.1) is 0 Å². The highest BCUT2D eigenvalue weighted by Crippen LogP contribution is 2.25. The Balaban J connectivity index is 2.11. The molecule has 0 saturated heterocycles. The third-order valence-corrected chi connectivity index (χ3v) is 2.52. The molecule has 96 valence electrons. The van der Waals surface area contributed by atoms with E-state index in [1.165, 1.54) is 0 Å². The molecule has 0 bridgehead atoms. The molecule has 0 spiro atoms. The maximum absolute atomic E-state index is 5.69. The van der Waals surface area contributed by atoms with Crippen molar-refractivity contribution in [3.05, 3.63) is 35.7 Å². The Hall–Kier alpha value is -2.08. The van der Waals surface area contributed by atoms with Crippen LogP contribution >= 0.6 is 0 Å². The van der Waals surface area contributed by atoms with Crippen LogP contribution in [0.1, 0.15) is 11.3 Å². The van der Waals surface area contributed by atoms with E-state index >= 15 is 0 Å². The Labute approximate surface area is 105 Å². The molecule has 0 aliphatic carbocycles. The van der Waals surface area contributed by atoms with Crippen molar-refractivity contribution in [2.24, 2.45) is 12.8 Å². The van der Waals surface area contributed by atoms with Gasteiger partial charge in [0.2, 0.25) is 0 Å². The molecule has 1 heterocycles. The van der Waals surface area contributed by atoms with Gasteiger partial charge in [0.1, 0.15) is 23.8 Å². The predicted octanol–water partition coefficient (Wildman–Crippen LogP) is 0.861. The minimum Gasteiger partial charge on any atom is -0.497 e. The first-order chi connectivity index (χ1) is 8.72. The molecule has 0 atom stereocenters. The van der Waals surface area contributed by atoms with Gasteiger partial charge in [-0.25, -0.2) is 0 Å². The normalized spacial score (nSPS) is 10.4. The molecule has 0 aliphatic heterocycles. The van der Waals surface area contributed by atoms with Crippen molar-refractivity contribution in [2.75, 3.05) is 7.11 Å². The first-order valence-electron chi connectivity index (χ1n) is 5.58. The highest BCUT2D eigenvalue weighted by molar-refractivity contribution is 5.40. The summed E-state index contributed by atoms with van der Waals surface area (Å²) in [4.78, 5) is 0. The minimum absolute atomic E-state index is 0.355. The van der Waals surface area contributed by atoms with Crippen molar-refractivity contribution >= 4 is 0 Å². The van der Waals surface area contributed by atoms with Crippen LogP contribution in [0.4, 0.5) is 0 Å². The number of aryl methyl sites for hydroxylation is 1. The number of aromatic nitrogens is 3. The van der Waals surface area contributed by atoms with Gasteiger partial charge in [-0.15, -0.1) is 5.10 Å². The summed E-state index contributed by atoms with van der Waals surface area (Å²) in [6.07, 6.45) is 1.81. The number of nitrogens with two attached hydrogens (primary N) is 1. The van der Waals surface area contributed by atoms with E-state index in [4.69, 9.17) is 15.2 Å². The van der Waals surface area contributed by atoms with Gasteiger partial charge in [0.15, 0.2) is 0 Å². The van der Waals surface area contributed by atoms with Crippen molar-refractivity contribution in [3.8, 4) is 11.5 Å². The number of rotatable bonds is 5. The van der Waals surface area contributed by atoms with Crippen LogP contribution in [0.15, 0.2) is 24.4 Å². The van der Waals surface area contributed by atoms with Gasteiger partial charge in [0, 0.05) is 25.2 Å². The van der Waals surface area contributed by atoms with E-state index in [1.807, 2.05) is 31.4 Å². The summed E-state index contributed by atoms with van der Waals surface area (Å²) in [6.45, 7) is 0.772. The first-order valence-corrected chi connectivity index (χ1v) is 5.58. The molecule has 0 saturated carbocycles. The third-order valence-electron chi connectivity index (χ3n) is 2.52. The second-order valence-electron chi connectivity index (χ2n) is 3.85. The standard InChI is InChI=1S/C12H16N4O2/c1-16-7-10(14-15-16)8-18-12-5-11(17-2)4-3-9(12)6-13/h3-5,7H,6,8,13H2,1-2H3. The van der Waals surface area contributed by atoms with Gasteiger partial charge >= 0.3 is 0 Å². The summed E-state index contributed by atoms with van der Waals surface area (Å²) >= 11 is 0. The van der Waals surface area contributed by atoms with E-state index in [0.29, 0.717) is 18.9 Å². The first kappa shape index (κ1) is 12.4. The van der Waals surface area contributed by atoms with E-state index in [9.17, 15) is 0 Å². The van der Waals surface area contributed by atoms with Gasteiger partial charge in [0.25, 0.3) is 0 Å². The van der Waals surface area contributed by atoms with Crippen molar-refractivity contribution in [3.63, 3.8) is 0 Å². The van der Waals surface area contributed by atoms with Crippen LogP contribution in [0.25, 0.3) is 0 Å². The molecular weight excluding hydrogens is 232 g/mol. The molecule has 0 radical (unpaired) electrons. The monoisotopic (exact) mass is 248 g/mol. The van der Waals surface area contributed by atoms with E-state index in [-0.39, 0.29) is 0 Å². The van der Waals surface area contributed by atoms with Gasteiger partial charge in [-0.2, -0.15) is 0 Å². The highest BCUT2D eigenvalue weighted by Gasteiger charge is 2.06. The maximum atomic E-state index is 5.69. The van der Waals surface area contributed by atoms with Crippen LogP contribution < -0.4 is 15.2 Å². The van der Waals surface area contributed by atoms with Crippen molar-refractivity contribution in [1.29, 1.82) is 0 Å². The van der Waals surface area contributed by atoms with Crippen molar-refractivity contribution in [2.45, 2.75) is 13.2 Å². The summed E-state index contributed by atoms with van der Waals surface area (Å²) in [5.41, 5.74) is 7.36. The Morgan fingerprint density at radius 2 is 2.22 bits per heavy atom. The number of nitrogens with zero attached hydrogens (tertiary/aromatic N) is 3. The molecule has 0 aliphatic rings. The molecule has 6 heteroatoms. The average molecular weight is 248 g/mol. The van der Waals surface area contributed by atoms with E-state index in [2.05, 4.69) is 10.3 Å². The molecule has 1 aromatic heterocycles. The molecule has 2 rings (SSSR count). The molecule has 0 amide bonds. The molecule has 18 heavy (non-hydrogen) atoms. The van der Waals surface area contributed by atoms with E-state index < -0.39 is 0 Å².